The van der Waals surface area contributed by atoms with Crippen molar-refractivity contribution in [2.75, 3.05) is 0 Å². The number of aromatic amines is 1. The fraction of sp³-hybridized carbons (Fsp3) is 0.0556. The van der Waals surface area contributed by atoms with E-state index in [1.165, 1.54) is 18.3 Å². The van der Waals surface area contributed by atoms with Gasteiger partial charge in [-0.1, -0.05) is 0 Å². The van der Waals surface area contributed by atoms with Crippen LogP contribution in [0.3, 0.4) is 0 Å². The van der Waals surface area contributed by atoms with E-state index in [0.717, 1.165) is 6.08 Å². The summed E-state index contributed by atoms with van der Waals surface area (Å²) in [5.41, 5.74) is 1.67. The average molecular weight is 336 g/mol. The molecule has 0 aliphatic carbocycles. The van der Waals surface area contributed by atoms with Crippen LogP contribution < -0.4 is 0 Å². The molecule has 0 fully saturated rings. The lowest BCUT2D eigenvalue weighted by Crippen LogP contribution is -2.15. The van der Waals surface area contributed by atoms with Crippen LogP contribution in [0.4, 0.5) is 0 Å². The first-order valence-corrected chi connectivity index (χ1v) is 7.11. The molecule has 1 aromatic heterocycles. The Bertz CT molecular complexity index is 914. The summed E-state index contributed by atoms with van der Waals surface area (Å²) in [5, 5.41) is 17.2. The van der Waals surface area contributed by atoms with Crippen LogP contribution in [0.5, 0.6) is 0 Å². The molecule has 2 rings (SSSR count). The summed E-state index contributed by atoms with van der Waals surface area (Å²) in [5.74, 6) is -3.75. The zero-order chi connectivity index (χ0) is 18.4. The van der Waals surface area contributed by atoms with Gasteiger partial charge in [-0.05, 0) is 42.5 Å². The lowest BCUT2D eigenvalue weighted by atomic mass is 10.0. The number of benzene rings is 1. The van der Waals surface area contributed by atoms with E-state index in [9.17, 15) is 19.2 Å². The second-order valence-corrected chi connectivity index (χ2v) is 5.07. The highest BCUT2D eigenvalue weighted by Gasteiger charge is 2.15. The van der Waals surface area contributed by atoms with Crippen molar-refractivity contribution in [2.24, 2.45) is 0 Å². The smallest absolute Gasteiger partial charge is 0.372 e. The van der Waals surface area contributed by atoms with Gasteiger partial charge in [0.15, 0.2) is 11.6 Å². The molecular weight excluding hydrogens is 324 g/mol. The molecule has 0 spiro atoms. The molecule has 2 aromatic rings. The Morgan fingerprint density at radius 2 is 1.80 bits per heavy atom. The summed E-state index contributed by atoms with van der Waals surface area (Å²) in [6, 6.07) is 9.66. The number of rotatable bonds is 7. The SMILES string of the molecule is N#Cc1ccc(C(=O)c2c[nH]c(/C=C/C(=O)CC(=O)C(=O)O)c2)cc1. The van der Waals surface area contributed by atoms with Gasteiger partial charge in [0.25, 0.3) is 0 Å². The van der Waals surface area contributed by atoms with Crippen LogP contribution in [0.15, 0.2) is 42.6 Å². The zero-order valence-electron chi connectivity index (χ0n) is 12.9. The second kappa shape index (κ2) is 7.66. The summed E-state index contributed by atoms with van der Waals surface area (Å²) >= 11 is 0. The largest absolute Gasteiger partial charge is 0.475 e. The lowest BCUT2D eigenvalue weighted by molar-refractivity contribution is -0.149. The molecule has 0 bridgehead atoms. The maximum Gasteiger partial charge on any atom is 0.372 e. The molecule has 25 heavy (non-hydrogen) atoms. The second-order valence-electron chi connectivity index (χ2n) is 5.07. The number of allylic oxidation sites excluding steroid dienone is 1. The highest BCUT2D eigenvalue weighted by Crippen LogP contribution is 2.13. The Kier molecular flexibility index (Phi) is 5.38. The minimum absolute atomic E-state index is 0.257. The number of aromatic nitrogens is 1. The molecule has 0 saturated carbocycles. The Balaban J connectivity index is 2.06. The highest BCUT2D eigenvalue weighted by atomic mass is 16.4. The Morgan fingerprint density at radius 3 is 2.40 bits per heavy atom. The van der Waals surface area contributed by atoms with E-state index in [0.29, 0.717) is 22.4 Å². The van der Waals surface area contributed by atoms with Crippen LogP contribution >= 0.6 is 0 Å². The molecule has 7 nitrogen and oxygen atoms in total. The minimum atomic E-state index is -1.66. The Hall–Kier alpha value is -3.79. The van der Waals surface area contributed by atoms with E-state index in [1.807, 2.05) is 6.07 Å². The first kappa shape index (κ1) is 17.6. The van der Waals surface area contributed by atoms with E-state index in [2.05, 4.69) is 4.98 Å². The first-order chi connectivity index (χ1) is 11.9. The number of aliphatic carboxylic acids is 1. The number of carbonyl (C=O) groups excluding carboxylic acids is 3. The fourth-order valence-electron chi connectivity index (χ4n) is 1.98. The summed E-state index contributed by atoms with van der Waals surface area (Å²) in [6.45, 7) is 0. The van der Waals surface area contributed by atoms with E-state index in [-0.39, 0.29) is 5.78 Å². The summed E-state index contributed by atoms with van der Waals surface area (Å²) in [7, 11) is 0. The van der Waals surface area contributed by atoms with Gasteiger partial charge in [-0.3, -0.25) is 14.4 Å². The van der Waals surface area contributed by atoms with Crippen molar-refractivity contribution in [3.8, 4) is 6.07 Å². The number of carboxylic acid groups (broad SMARTS) is 1. The molecule has 1 heterocycles. The van der Waals surface area contributed by atoms with Gasteiger partial charge >= 0.3 is 5.97 Å². The van der Waals surface area contributed by atoms with E-state index in [4.69, 9.17) is 10.4 Å². The average Bonchev–Trinajstić information content (AvgIpc) is 3.08. The fourth-order valence-corrected chi connectivity index (χ4v) is 1.98. The summed E-state index contributed by atoms with van der Waals surface area (Å²) in [4.78, 5) is 47.9. The number of nitrogens with one attached hydrogen (secondary N) is 1. The van der Waals surface area contributed by atoms with Gasteiger partial charge in [0.1, 0.15) is 0 Å². The van der Waals surface area contributed by atoms with Crippen molar-refractivity contribution in [1.82, 2.24) is 4.98 Å². The molecule has 1 aromatic carbocycles. The van der Waals surface area contributed by atoms with Gasteiger partial charge < -0.3 is 10.1 Å². The number of nitrogens with zero attached hydrogens (tertiary/aromatic N) is 1. The molecular formula is C18H12N2O5. The molecule has 0 atom stereocenters. The van der Waals surface area contributed by atoms with Gasteiger partial charge in [0, 0.05) is 23.0 Å². The normalized spacial score (nSPS) is 10.4. The molecule has 0 radical (unpaired) electrons. The third-order valence-electron chi connectivity index (χ3n) is 3.27. The molecule has 124 valence electrons. The summed E-state index contributed by atoms with van der Waals surface area (Å²) < 4.78 is 0. The minimum Gasteiger partial charge on any atom is -0.475 e. The van der Waals surface area contributed by atoms with Crippen molar-refractivity contribution < 1.29 is 24.3 Å². The molecule has 0 unspecified atom stereocenters. The summed E-state index contributed by atoms with van der Waals surface area (Å²) in [6.07, 6.45) is 3.17. The van der Waals surface area contributed by atoms with Crippen LogP contribution in [0.2, 0.25) is 0 Å². The van der Waals surface area contributed by atoms with Crippen LogP contribution in [0.25, 0.3) is 6.08 Å². The monoisotopic (exact) mass is 336 g/mol. The van der Waals surface area contributed by atoms with Gasteiger partial charge in [-0.2, -0.15) is 5.26 Å². The zero-order valence-corrected chi connectivity index (χ0v) is 12.9. The third kappa shape index (κ3) is 4.59. The van der Waals surface area contributed by atoms with E-state index >= 15 is 0 Å². The van der Waals surface area contributed by atoms with Gasteiger partial charge in [-0.25, -0.2) is 4.79 Å². The highest BCUT2D eigenvalue weighted by molar-refractivity contribution is 6.37. The van der Waals surface area contributed by atoms with Crippen LogP contribution in [-0.2, 0) is 14.4 Å². The molecule has 0 saturated heterocycles. The maximum atomic E-state index is 12.3. The number of carbonyl (C=O) groups is 4. The molecule has 0 aliphatic heterocycles. The quantitative estimate of drug-likeness (QED) is 0.343. The van der Waals surface area contributed by atoms with Crippen molar-refractivity contribution in [2.45, 2.75) is 6.42 Å². The number of nitriles is 1. The first-order valence-electron chi connectivity index (χ1n) is 7.11. The van der Waals surface area contributed by atoms with Crippen molar-refractivity contribution in [3.05, 3.63) is 65.0 Å². The number of hydrogen-bond acceptors (Lipinski definition) is 5. The standard InChI is InChI=1S/C18H12N2O5/c19-9-11-1-3-12(4-2-11)17(23)13-7-14(20-10-13)5-6-15(21)8-16(22)18(24)25/h1-7,10,20H,8H2,(H,24,25)/b6-5+. The van der Waals surface area contributed by atoms with Gasteiger partial charge in [0.2, 0.25) is 5.78 Å². The van der Waals surface area contributed by atoms with Crippen LogP contribution in [0, 0.1) is 11.3 Å². The predicted octanol–water partition coefficient (Wildman–Crippen LogP) is 1.74. The Morgan fingerprint density at radius 1 is 1.12 bits per heavy atom. The number of H-pyrrole nitrogens is 1. The number of Topliss-reactive ketones (excluding diaryl/α,β-unsaturated/α-hetero) is 1. The van der Waals surface area contributed by atoms with E-state index < -0.39 is 24.0 Å². The molecule has 7 heteroatoms. The molecule has 0 aliphatic rings. The van der Waals surface area contributed by atoms with Crippen LogP contribution in [0.1, 0.15) is 33.6 Å². The van der Waals surface area contributed by atoms with Crippen molar-refractivity contribution >= 4 is 29.4 Å². The number of ketones is 3. The van der Waals surface area contributed by atoms with Crippen molar-refractivity contribution in [1.29, 1.82) is 5.26 Å². The van der Waals surface area contributed by atoms with Crippen LogP contribution in [-0.4, -0.2) is 33.4 Å². The number of hydrogen-bond donors (Lipinski definition) is 2. The molecule has 2 N–H and O–H groups in total. The lowest BCUT2D eigenvalue weighted by Gasteiger charge is -1.97. The molecule has 0 amide bonds. The predicted molar refractivity (Wildman–Crippen MR) is 86.7 cm³/mol. The van der Waals surface area contributed by atoms with E-state index in [1.54, 1.807) is 24.3 Å². The number of carboxylic acids is 1. The van der Waals surface area contributed by atoms with Crippen molar-refractivity contribution in [3.63, 3.8) is 0 Å². The maximum absolute atomic E-state index is 12.3. The third-order valence-corrected chi connectivity index (χ3v) is 3.27. The van der Waals surface area contributed by atoms with Gasteiger partial charge in [-0.15, -0.1) is 0 Å². The van der Waals surface area contributed by atoms with Gasteiger partial charge in [0.05, 0.1) is 18.1 Å². The Labute approximate surface area is 142 Å². The topological polar surface area (TPSA) is 128 Å².